The molecule has 1 saturated carbocycles. The molecule has 2 amide bonds. The lowest BCUT2D eigenvalue weighted by Crippen LogP contribution is -2.55. The van der Waals surface area contributed by atoms with Gasteiger partial charge in [-0.25, -0.2) is 14.6 Å². The Morgan fingerprint density at radius 2 is 2.20 bits per heavy atom. The Bertz CT molecular complexity index is 1010. The number of aromatic nitrogens is 1. The van der Waals surface area contributed by atoms with Gasteiger partial charge in [0, 0.05) is 11.8 Å². The van der Waals surface area contributed by atoms with Crippen LogP contribution in [0.15, 0.2) is 22.3 Å². The summed E-state index contributed by atoms with van der Waals surface area (Å²) in [5, 5.41) is 25.7. The predicted molar refractivity (Wildman–Crippen MR) is 104 cm³/mol. The molecular weight excluding hydrogens is 438 g/mol. The van der Waals surface area contributed by atoms with Crippen LogP contribution in [-0.4, -0.2) is 66.4 Å². The number of nitrogen functional groups attached to an aromatic ring is 1. The van der Waals surface area contributed by atoms with E-state index in [0.29, 0.717) is 10.8 Å². The van der Waals surface area contributed by atoms with Gasteiger partial charge in [0.05, 0.1) is 28.8 Å². The second-order valence-electron chi connectivity index (χ2n) is 6.73. The number of oxime groups is 1. The normalized spacial score (nSPS) is 29.6. The second-order valence-corrected chi connectivity index (χ2v) is 8.95. The van der Waals surface area contributed by atoms with E-state index in [1.807, 2.05) is 0 Å². The molecular formula is C16H15N5O7S2. The van der Waals surface area contributed by atoms with Crippen molar-refractivity contribution in [2.24, 2.45) is 5.16 Å². The monoisotopic (exact) mass is 453 g/mol. The van der Waals surface area contributed by atoms with E-state index in [0.717, 1.165) is 6.21 Å². The van der Waals surface area contributed by atoms with Gasteiger partial charge in [-0.15, -0.1) is 23.1 Å². The van der Waals surface area contributed by atoms with E-state index >= 15 is 0 Å². The van der Waals surface area contributed by atoms with E-state index in [1.165, 1.54) is 34.1 Å². The van der Waals surface area contributed by atoms with Gasteiger partial charge in [-0.3, -0.25) is 14.5 Å². The Morgan fingerprint density at radius 3 is 2.80 bits per heavy atom. The molecule has 12 nitrogen and oxygen atoms in total. The summed E-state index contributed by atoms with van der Waals surface area (Å²) in [5.74, 6) is -4.02. The quantitative estimate of drug-likeness (QED) is 0.244. The van der Waals surface area contributed by atoms with Crippen LogP contribution in [0.5, 0.6) is 0 Å². The predicted octanol–water partition coefficient (Wildman–Crippen LogP) is -0.246. The topological polar surface area (TPSA) is 185 Å². The zero-order valence-corrected chi connectivity index (χ0v) is 16.7. The van der Waals surface area contributed by atoms with Gasteiger partial charge < -0.3 is 26.1 Å². The maximum absolute atomic E-state index is 12.1. The molecule has 2 fully saturated rings. The number of anilines is 1. The number of hydrogen-bond acceptors (Lipinski definition) is 10. The number of aliphatic carboxylic acids is 2. The fourth-order valence-electron chi connectivity index (χ4n) is 3.24. The Morgan fingerprint density at radius 1 is 1.43 bits per heavy atom. The lowest BCUT2D eigenvalue weighted by atomic mass is 10.1. The van der Waals surface area contributed by atoms with Crippen molar-refractivity contribution < 1.29 is 34.2 Å². The Hall–Kier alpha value is -3.13. The number of amides is 2. The third kappa shape index (κ3) is 3.47. The van der Waals surface area contributed by atoms with Gasteiger partial charge in [-0.05, 0) is 6.08 Å². The Balaban J connectivity index is 1.37. The summed E-state index contributed by atoms with van der Waals surface area (Å²) in [4.78, 5) is 56.9. The zero-order chi connectivity index (χ0) is 21.6. The Labute approximate surface area is 176 Å². The minimum absolute atomic E-state index is 0.138. The molecule has 1 saturated heterocycles. The number of hydrogen-bond donors (Lipinski definition) is 4. The molecule has 2 aliphatic heterocycles. The molecule has 158 valence electrons. The summed E-state index contributed by atoms with van der Waals surface area (Å²) in [6, 6.07) is 0. The SMILES string of the molecule is Nc1nc(C2CC2(O/N=C/C(=O)NC2C=C(C(=O)O)N3C(=O)CC3S2)C(=O)O)cs1. The largest absolute Gasteiger partial charge is 0.478 e. The van der Waals surface area contributed by atoms with Crippen molar-refractivity contribution in [2.45, 2.75) is 35.1 Å². The minimum Gasteiger partial charge on any atom is -0.478 e. The molecule has 4 unspecified atom stereocenters. The number of thioether (sulfide) groups is 1. The molecule has 5 N–H and O–H groups in total. The Kier molecular flexibility index (Phi) is 4.89. The number of carboxylic acid groups (broad SMARTS) is 2. The molecule has 0 spiro atoms. The van der Waals surface area contributed by atoms with Crippen molar-refractivity contribution in [1.82, 2.24) is 15.2 Å². The summed E-state index contributed by atoms with van der Waals surface area (Å²) in [6.07, 6.45) is 2.36. The van der Waals surface area contributed by atoms with Crippen molar-refractivity contribution in [3.05, 3.63) is 22.8 Å². The van der Waals surface area contributed by atoms with Crippen molar-refractivity contribution in [3.8, 4) is 0 Å². The number of nitrogens with two attached hydrogens (primary N) is 1. The van der Waals surface area contributed by atoms with E-state index < -0.39 is 34.7 Å². The van der Waals surface area contributed by atoms with Gasteiger partial charge in [0.2, 0.25) is 11.5 Å². The summed E-state index contributed by atoms with van der Waals surface area (Å²) in [5.41, 5.74) is 4.25. The maximum atomic E-state index is 12.1. The van der Waals surface area contributed by atoms with Crippen molar-refractivity contribution in [2.75, 3.05) is 5.73 Å². The number of nitrogens with zero attached hydrogens (tertiary/aromatic N) is 3. The molecule has 3 heterocycles. The highest BCUT2D eigenvalue weighted by atomic mass is 32.2. The summed E-state index contributed by atoms with van der Waals surface area (Å²) in [7, 11) is 0. The number of nitrogens with one attached hydrogen (secondary N) is 1. The summed E-state index contributed by atoms with van der Waals surface area (Å²) in [6.45, 7) is 0. The molecule has 1 aromatic heterocycles. The van der Waals surface area contributed by atoms with Crippen LogP contribution in [0.3, 0.4) is 0 Å². The van der Waals surface area contributed by atoms with Crippen molar-refractivity contribution >= 4 is 58.2 Å². The smallest absolute Gasteiger partial charge is 0.352 e. The molecule has 0 aromatic carbocycles. The maximum Gasteiger partial charge on any atom is 0.352 e. The number of β-lactam (4-membered cyclic amide) rings is 1. The van der Waals surface area contributed by atoms with E-state index in [2.05, 4.69) is 15.5 Å². The molecule has 0 bridgehead atoms. The van der Waals surface area contributed by atoms with E-state index in [9.17, 15) is 29.4 Å². The van der Waals surface area contributed by atoms with Gasteiger partial charge in [0.1, 0.15) is 11.9 Å². The first-order valence-electron chi connectivity index (χ1n) is 8.60. The van der Waals surface area contributed by atoms with Crippen LogP contribution in [0.1, 0.15) is 24.5 Å². The molecule has 3 aliphatic rings. The molecule has 0 radical (unpaired) electrons. The number of fused-ring (bicyclic) bond motifs is 1. The summed E-state index contributed by atoms with van der Waals surface area (Å²) >= 11 is 2.39. The highest BCUT2D eigenvalue weighted by molar-refractivity contribution is 8.00. The van der Waals surface area contributed by atoms with Crippen LogP contribution in [0.4, 0.5) is 5.13 Å². The first-order chi connectivity index (χ1) is 14.2. The third-order valence-electron chi connectivity index (χ3n) is 4.84. The highest BCUT2D eigenvalue weighted by Gasteiger charge is 2.66. The van der Waals surface area contributed by atoms with E-state index in [1.54, 1.807) is 5.38 Å². The van der Waals surface area contributed by atoms with E-state index in [-0.39, 0.29) is 29.8 Å². The van der Waals surface area contributed by atoms with Crippen LogP contribution in [0, 0.1) is 0 Å². The third-order valence-corrected chi connectivity index (χ3v) is 6.77. The van der Waals surface area contributed by atoms with Crippen LogP contribution < -0.4 is 11.1 Å². The first kappa shape index (κ1) is 20.2. The zero-order valence-electron chi connectivity index (χ0n) is 15.0. The molecule has 1 aliphatic carbocycles. The van der Waals surface area contributed by atoms with E-state index in [4.69, 9.17) is 10.6 Å². The standard InChI is InChI=1S/C16H15N5O7S2/c17-15-19-7(5-29-15)6-3-16(6,14(26)27)28-18-4-9(22)20-10-1-8(13(24)25)21-11(23)2-12(21)30-10/h1,4-6,10,12H,2-3H2,(H2,17,19)(H,20,22)(H,24,25)(H,26,27)/b18-4+. The van der Waals surface area contributed by atoms with Crippen LogP contribution in [0.2, 0.25) is 0 Å². The minimum atomic E-state index is -1.61. The van der Waals surface area contributed by atoms with Gasteiger partial charge in [-0.2, -0.15) is 0 Å². The van der Waals surface area contributed by atoms with Crippen molar-refractivity contribution in [3.63, 3.8) is 0 Å². The average molecular weight is 453 g/mol. The number of carboxylic acids is 2. The number of carbonyl (C=O) groups is 4. The highest BCUT2D eigenvalue weighted by Crippen LogP contribution is 2.54. The molecule has 4 rings (SSSR count). The second kappa shape index (κ2) is 7.28. The van der Waals surface area contributed by atoms with Gasteiger partial charge in [0.25, 0.3) is 5.91 Å². The first-order valence-corrected chi connectivity index (χ1v) is 10.4. The fourth-order valence-corrected chi connectivity index (χ4v) is 5.18. The van der Waals surface area contributed by atoms with Crippen LogP contribution >= 0.6 is 23.1 Å². The molecule has 1 aromatic rings. The number of rotatable bonds is 7. The van der Waals surface area contributed by atoms with Crippen LogP contribution in [-0.2, 0) is 24.0 Å². The lowest BCUT2D eigenvalue weighted by Gasteiger charge is -2.44. The average Bonchev–Trinajstić information content (AvgIpc) is 3.25. The molecule has 14 heteroatoms. The molecule has 30 heavy (non-hydrogen) atoms. The van der Waals surface area contributed by atoms with Crippen molar-refractivity contribution in [1.29, 1.82) is 0 Å². The molecule has 4 atom stereocenters. The number of thiazole rings is 1. The number of carbonyl (C=O) groups excluding carboxylic acids is 2. The van der Waals surface area contributed by atoms with Gasteiger partial charge in [-0.1, -0.05) is 5.16 Å². The van der Waals surface area contributed by atoms with Crippen LogP contribution in [0.25, 0.3) is 0 Å². The summed E-state index contributed by atoms with van der Waals surface area (Å²) < 4.78 is 0. The fraction of sp³-hybridized carbons (Fsp3) is 0.375. The van der Waals surface area contributed by atoms with Gasteiger partial charge in [0.15, 0.2) is 5.13 Å². The van der Waals surface area contributed by atoms with Gasteiger partial charge >= 0.3 is 11.9 Å². The lowest BCUT2D eigenvalue weighted by molar-refractivity contribution is -0.154.